The maximum Gasteiger partial charge on any atom is 0.312 e. The Kier molecular flexibility index (Phi) is 4.91. The zero-order valence-corrected chi connectivity index (χ0v) is 20.1. The molecule has 1 aromatic carbocycles. The molecule has 7 fully saturated rings. The molecule has 4 nitrogen and oxygen atoms in total. The number of carbonyl (C=O) groups excluding carboxylic acids is 1. The fourth-order valence-electron chi connectivity index (χ4n) is 9.01. The van der Waals surface area contributed by atoms with Gasteiger partial charge in [0, 0.05) is 23.7 Å². The summed E-state index contributed by atoms with van der Waals surface area (Å²) >= 11 is 0. The van der Waals surface area contributed by atoms with Crippen LogP contribution in [-0.4, -0.2) is 35.0 Å². The molecule has 1 aromatic heterocycles. The number of ether oxygens (including phenoxy) is 1. The van der Waals surface area contributed by atoms with Crippen molar-refractivity contribution in [3.05, 3.63) is 54.7 Å². The summed E-state index contributed by atoms with van der Waals surface area (Å²) in [5.74, 6) is 3.51. The number of aromatic nitrogens is 1. The fourth-order valence-corrected chi connectivity index (χ4v) is 9.01. The number of fused-ring (bicyclic) bond motifs is 4. The first-order valence-corrected chi connectivity index (χ1v) is 13.5. The van der Waals surface area contributed by atoms with Crippen molar-refractivity contribution in [3.63, 3.8) is 0 Å². The molecule has 5 atom stereocenters. The summed E-state index contributed by atoms with van der Waals surface area (Å²) in [6, 6.07) is 10.7. The van der Waals surface area contributed by atoms with E-state index in [1.807, 2.05) is 12.3 Å². The van der Waals surface area contributed by atoms with Crippen molar-refractivity contribution < 1.29 is 9.53 Å². The monoisotopic (exact) mass is 456 g/mol. The number of nitrogens with zero attached hydrogens (tertiary/aromatic N) is 2. The molecular weight excluding hydrogens is 420 g/mol. The summed E-state index contributed by atoms with van der Waals surface area (Å²) in [4.78, 5) is 21.3. The molecule has 0 amide bonds. The lowest BCUT2D eigenvalue weighted by Crippen LogP contribution is -2.56. The normalized spacial score (nSPS) is 40.9. The predicted molar refractivity (Wildman–Crippen MR) is 133 cm³/mol. The predicted octanol–water partition coefficient (Wildman–Crippen LogP) is 5.93. The van der Waals surface area contributed by atoms with Gasteiger partial charge in [-0.05, 0) is 99.6 Å². The Balaban J connectivity index is 1.26. The van der Waals surface area contributed by atoms with E-state index in [1.54, 1.807) is 0 Å². The zero-order valence-electron chi connectivity index (χ0n) is 20.1. The largest absolute Gasteiger partial charge is 0.455 e. The Bertz CT molecular complexity index is 1090. The zero-order chi connectivity index (χ0) is 22.9. The maximum absolute atomic E-state index is 14.1. The van der Waals surface area contributed by atoms with Gasteiger partial charge < -0.3 is 4.74 Å². The molecule has 3 saturated heterocycles. The molecule has 2 aromatic rings. The third kappa shape index (κ3) is 3.28. The average Bonchev–Trinajstić information content (AvgIpc) is 2.86. The highest BCUT2D eigenvalue weighted by Gasteiger charge is 2.56. The van der Waals surface area contributed by atoms with Gasteiger partial charge in [-0.3, -0.25) is 14.7 Å². The second kappa shape index (κ2) is 7.91. The average molecular weight is 457 g/mol. The standard InChI is InChI=1S/C30H36N2O2/c1-2-22-18-32-10-8-23(22)14-27(32)28(25-7-9-31-26-6-4-3-5-24(25)26)34-29(33)30-15-19-11-20(16-30)13-21(12-19)17-30/h2-7,9,19-23,27-28H,1,8,10-18H2/t19?,20?,21?,22-,23-,27+,28-,30?/m0/s1. The first-order valence-electron chi connectivity index (χ1n) is 13.5. The Morgan fingerprint density at radius 3 is 2.50 bits per heavy atom. The van der Waals surface area contributed by atoms with Gasteiger partial charge in [0.1, 0.15) is 6.10 Å². The fraction of sp³-hybridized carbons (Fsp3) is 0.600. The van der Waals surface area contributed by atoms with Crippen molar-refractivity contribution in [2.75, 3.05) is 13.1 Å². The van der Waals surface area contributed by atoms with Gasteiger partial charge in [0.25, 0.3) is 0 Å². The third-order valence-corrected chi connectivity index (χ3v) is 10.2. The van der Waals surface area contributed by atoms with Gasteiger partial charge in [0.2, 0.25) is 0 Å². The van der Waals surface area contributed by atoms with E-state index in [9.17, 15) is 4.79 Å². The molecule has 1 unspecified atom stereocenters. The van der Waals surface area contributed by atoms with E-state index in [0.717, 1.165) is 73.0 Å². The summed E-state index contributed by atoms with van der Waals surface area (Å²) in [6.45, 7) is 6.23. The number of hydrogen-bond donors (Lipinski definition) is 0. The van der Waals surface area contributed by atoms with Crippen LogP contribution in [0.5, 0.6) is 0 Å². The van der Waals surface area contributed by atoms with Crippen molar-refractivity contribution in [1.82, 2.24) is 9.88 Å². The SMILES string of the molecule is C=C[C@H]1CN2CC[C@H]1C[C@@H]2[C@@H](OC(=O)C12CC3CC(CC(C3)C1)C2)c1ccnc2ccccc12. The second-order valence-electron chi connectivity index (χ2n) is 12.2. The van der Waals surface area contributed by atoms with Gasteiger partial charge in [-0.1, -0.05) is 24.3 Å². The molecule has 6 bridgehead atoms. The van der Waals surface area contributed by atoms with Crippen LogP contribution in [-0.2, 0) is 9.53 Å². The molecule has 7 aliphatic rings. The van der Waals surface area contributed by atoms with Crippen molar-refractivity contribution in [2.24, 2.45) is 35.0 Å². The van der Waals surface area contributed by atoms with Crippen LogP contribution in [0.4, 0.5) is 0 Å². The molecule has 4 saturated carbocycles. The number of carbonyl (C=O) groups is 1. The molecule has 4 heteroatoms. The highest BCUT2D eigenvalue weighted by atomic mass is 16.5. The van der Waals surface area contributed by atoms with Gasteiger partial charge in [0.05, 0.1) is 17.0 Å². The van der Waals surface area contributed by atoms with E-state index in [4.69, 9.17) is 4.74 Å². The van der Waals surface area contributed by atoms with Crippen LogP contribution >= 0.6 is 0 Å². The maximum atomic E-state index is 14.1. The first kappa shape index (κ1) is 21.1. The molecule has 0 N–H and O–H groups in total. The van der Waals surface area contributed by atoms with Crippen molar-refractivity contribution in [3.8, 4) is 0 Å². The number of piperidine rings is 3. The molecule has 3 aliphatic heterocycles. The van der Waals surface area contributed by atoms with E-state index in [2.05, 4.69) is 46.8 Å². The molecule has 178 valence electrons. The quantitative estimate of drug-likeness (QED) is 0.413. The van der Waals surface area contributed by atoms with E-state index in [1.165, 1.54) is 25.7 Å². The Morgan fingerprint density at radius 2 is 1.82 bits per heavy atom. The molecule has 9 rings (SSSR count). The van der Waals surface area contributed by atoms with Crippen LogP contribution in [0.15, 0.2) is 49.2 Å². The molecule has 0 radical (unpaired) electrons. The van der Waals surface area contributed by atoms with E-state index in [0.29, 0.717) is 11.8 Å². The third-order valence-electron chi connectivity index (χ3n) is 10.2. The molecule has 34 heavy (non-hydrogen) atoms. The van der Waals surface area contributed by atoms with Crippen LogP contribution in [0.3, 0.4) is 0 Å². The summed E-state index contributed by atoms with van der Waals surface area (Å²) in [5.41, 5.74) is 1.88. The Labute approximate surface area is 202 Å². The van der Waals surface area contributed by atoms with Crippen LogP contribution < -0.4 is 0 Å². The summed E-state index contributed by atoms with van der Waals surface area (Å²) in [5, 5.41) is 1.12. The van der Waals surface area contributed by atoms with E-state index < -0.39 is 0 Å². The highest BCUT2D eigenvalue weighted by Crippen LogP contribution is 2.61. The van der Waals surface area contributed by atoms with Gasteiger partial charge in [-0.25, -0.2) is 0 Å². The summed E-state index contributed by atoms with van der Waals surface area (Å²) < 4.78 is 6.76. The summed E-state index contributed by atoms with van der Waals surface area (Å²) in [7, 11) is 0. The number of hydrogen-bond acceptors (Lipinski definition) is 4. The van der Waals surface area contributed by atoms with Gasteiger partial charge >= 0.3 is 5.97 Å². The van der Waals surface area contributed by atoms with Crippen LogP contribution in [0, 0.1) is 35.0 Å². The van der Waals surface area contributed by atoms with Crippen LogP contribution in [0.25, 0.3) is 10.9 Å². The number of rotatable bonds is 5. The minimum Gasteiger partial charge on any atom is -0.455 e. The van der Waals surface area contributed by atoms with Crippen molar-refractivity contribution in [2.45, 2.75) is 63.5 Å². The number of esters is 1. The van der Waals surface area contributed by atoms with Gasteiger partial charge in [0.15, 0.2) is 0 Å². The minimum atomic E-state index is -0.234. The number of pyridine rings is 1. The van der Waals surface area contributed by atoms with Crippen LogP contribution in [0.1, 0.15) is 63.0 Å². The van der Waals surface area contributed by atoms with Crippen molar-refractivity contribution >= 4 is 16.9 Å². The topological polar surface area (TPSA) is 42.4 Å². The van der Waals surface area contributed by atoms with Crippen molar-refractivity contribution in [1.29, 1.82) is 0 Å². The minimum absolute atomic E-state index is 0.0976. The Morgan fingerprint density at radius 1 is 1.09 bits per heavy atom. The van der Waals surface area contributed by atoms with Crippen LogP contribution in [0.2, 0.25) is 0 Å². The Hall–Kier alpha value is -2.20. The molecule has 0 spiro atoms. The molecule has 4 aliphatic carbocycles. The lowest BCUT2D eigenvalue weighted by molar-refractivity contribution is -0.184. The lowest BCUT2D eigenvalue weighted by Gasteiger charge is -2.56. The van der Waals surface area contributed by atoms with Gasteiger partial charge in [-0.2, -0.15) is 0 Å². The summed E-state index contributed by atoms with van der Waals surface area (Å²) in [6.07, 6.45) is 13.3. The molecule has 4 heterocycles. The second-order valence-corrected chi connectivity index (χ2v) is 12.2. The number of benzene rings is 1. The smallest absolute Gasteiger partial charge is 0.312 e. The first-order chi connectivity index (χ1) is 16.6. The van der Waals surface area contributed by atoms with Gasteiger partial charge in [-0.15, -0.1) is 6.58 Å². The lowest BCUT2D eigenvalue weighted by atomic mass is 9.49. The van der Waals surface area contributed by atoms with E-state index in [-0.39, 0.29) is 23.5 Å². The number of para-hydroxylation sites is 1. The van der Waals surface area contributed by atoms with E-state index >= 15 is 0 Å². The molecular formula is C30H36N2O2. The highest BCUT2D eigenvalue weighted by molar-refractivity contribution is 5.83.